The highest BCUT2D eigenvalue weighted by molar-refractivity contribution is 6.35. The Hall–Kier alpha value is -2.31. The summed E-state index contributed by atoms with van der Waals surface area (Å²) in [6, 6.07) is 9.01. The Balaban J connectivity index is 1.92. The highest BCUT2D eigenvalue weighted by Gasteiger charge is 2.18. The highest BCUT2D eigenvalue weighted by atomic mass is 35.5. The summed E-state index contributed by atoms with van der Waals surface area (Å²) in [5.74, 6) is -0.231. The van der Waals surface area contributed by atoms with E-state index in [-0.39, 0.29) is 30.0 Å². The molecule has 6 nitrogen and oxygen atoms in total. The molecule has 2 aromatic rings. The summed E-state index contributed by atoms with van der Waals surface area (Å²) in [5.41, 5.74) is 0.275. The predicted octanol–water partition coefficient (Wildman–Crippen LogP) is 4.45. The second kappa shape index (κ2) is 7.99. The van der Waals surface area contributed by atoms with Crippen LogP contribution in [0.2, 0.25) is 10.0 Å². The first-order valence-electron chi connectivity index (χ1n) is 6.89. The molecule has 0 saturated carbocycles. The van der Waals surface area contributed by atoms with Gasteiger partial charge in [-0.2, -0.15) is 0 Å². The summed E-state index contributed by atoms with van der Waals surface area (Å²) in [4.78, 5) is 22.4. The summed E-state index contributed by atoms with van der Waals surface area (Å²) < 4.78 is 10.5. The number of nitro benzene ring substituents is 1. The van der Waals surface area contributed by atoms with Crippen LogP contribution >= 0.6 is 23.2 Å². The number of hydrogen-bond donors (Lipinski definition) is 0. The first-order chi connectivity index (χ1) is 11.4. The molecule has 0 unspecified atom stereocenters. The highest BCUT2D eigenvalue weighted by Crippen LogP contribution is 2.27. The normalized spacial score (nSPS) is 10.3. The number of nitro groups is 1. The van der Waals surface area contributed by atoms with Gasteiger partial charge in [-0.25, -0.2) is 4.79 Å². The summed E-state index contributed by atoms with van der Waals surface area (Å²) >= 11 is 11.7. The van der Waals surface area contributed by atoms with Gasteiger partial charge in [-0.05, 0) is 31.2 Å². The molecule has 0 spiro atoms. The molecule has 0 saturated heterocycles. The van der Waals surface area contributed by atoms with Crippen molar-refractivity contribution in [3.05, 3.63) is 67.7 Å². The smallest absolute Gasteiger partial charge is 0.338 e. The summed E-state index contributed by atoms with van der Waals surface area (Å²) in [6.45, 7) is 1.56. The number of halogens is 2. The minimum Gasteiger partial charge on any atom is -0.488 e. The van der Waals surface area contributed by atoms with Crippen LogP contribution in [0.15, 0.2) is 36.4 Å². The molecule has 0 aliphatic heterocycles. The zero-order chi connectivity index (χ0) is 17.7. The third-order valence-corrected chi connectivity index (χ3v) is 3.72. The van der Waals surface area contributed by atoms with Crippen LogP contribution in [-0.4, -0.2) is 24.1 Å². The standard InChI is InChI=1S/C16H13Cl2NO5/c1-10-12(3-2-4-14(10)19(21)22)16(20)24-8-7-23-15-6-5-11(17)9-13(15)18/h2-6,9H,7-8H2,1H3. The van der Waals surface area contributed by atoms with E-state index >= 15 is 0 Å². The molecule has 2 rings (SSSR count). The summed E-state index contributed by atoms with van der Waals surface area (Å²) in [5, 5.41) is 11.7. The van der Waals surface area contributed by atoms with E-state index in [4.69, 9.17) is 32.7 Å². The van der Waals surface area contributed by atoms with E-state index in [1.807, 2.05) is 0 Å². The third kappa shape index (κ3) is 4.37. The Bertz CT molecular complexity index is 779. The van der Waals surface area contributed by atoms with E-state index in [0.717, 1.165) is 0 Å². The number of benzene rings is 2. The third-order valence-electron chi connectivity index (χ3n) is 3.19. The maximum absolute atomic E-state index is 12.0. The van der Waals surface area contributed by atoms with Crippen LogP contribution in [0.4, 0.5) is 5.69 Å². The van der Waals surface area contributed by atoms with Crippen LogP contribution in [0.25, 0.3) is 0 Å². The maximum Gasteiger partial charge on any atom is 0.338 e. The molecule has 0 aliphatic carbocycles. The number of ether oxygens (including phenoxy) is 2. The Morgan fingerprint density at radius 2 is 1.96 bits per heavy atom. The second-order valence-electron chi connectivity index (χ2n) is 4.77. The molecule has 0 aromatic heterocycles. The molecule has 0 heterocycles. The van der Waals surface area contributed by atoms with E-state index in [2.05, 4.69) is 0 Å². The first-order valence-corrected chi connectivity index (χ1v) is 7.64. The van der Waals surface area contributed by atoms with Gasteiger partial charge in [0.25, 0.3) is 5.69 Å². The van der Waals surface area contributed by atoms with Gasteiger partial charge in [-0.15, -0.1) is 0 Å². The van der Waals surface area contributed by atoms with Crippen molar-refractivity contribution < 1.29 is 19.2 Å². The maximum atomic E-state index is 12.0. The number of carbonyl (C=O) groups excluding carboxylic acids is 1. The molecular formula is C16H13Cl2NO5. The van der Waals surface area contributed by atoms with Crippen molar-refractivity contribution in [3.63, 3.8) is 0 Å². The molecule has 126 valence electrons. The van der Waals surface area contributed by atoms with Crippen LogP contribution < -0.4 is 4.74 Å². The lowest BCUT2D eigenvalue weighted by molar-refractivity contribution is -0.385. The molecular weight excluding hydrogens is 357 g/mol. The van der Waals surface area contributed by atoms with Crippen LogP contribution in [0.5, 0.6) is 5.75 Å². The van der Waals surface area contributed by atoms with E-state index in [0.29, 0.717) is 15.8 Å². The molecule has 0 bridgehead atoms. The van der Waals surface area contributed by atoms with E-state index in [1.54, 1.807) is 12.1 Å². The molecule has 2 aromatic carbocycles. The lowest BCUT2D eigenvalue weighted by Gasteiger charge is -2.10. The summed E-state index contributed by atoms with van der Waals surface area (Å²) in [7, 11) is 0. The first kappa shape index (κ1) is 18.0. The molecule has 24 heavy (non-hydrogen) atoms. The molecule has 0 fully saturated rings. The summed E-state index contributed by atoms with van der Waals surface area (Å²) in [6.07, 6.45) is 0. The van der Waals surface area contributed by atoms with Crippen molar-refractivity contribution in [3.8, 4) is 5.75 Å². The fourth-order valence-electron chi connectivity index (χ4n) is 2.00. The van der Waals surface area contributed by atoms with Crippen molar-refractivity contribution >= 4 is 34.9 Å². The minimum atomic E-state index is -0.651. The zero-order valence-corrected chi connectivity index (χ0v) is 14.1. The quantitative estimate of drug-likeness (QED) is 0.325. The number of esters is 1. The molecule has 0 N–H and O–H groups in total. The van der Waals surface area contributed by atoms with Gasteiger partial charge in [0.05, 0.1) is 15.5 Å². The fraction of sp³-hybridized carbons (Fsp3) is 0.188. The molecule has 8 heteroatoms. The SMILES string of the molecule is Cc1c(C(=O)OCCOc2ccc(Cl)cc2Cl)cccc1[N+](=O)[O-]. The van der Waals surface area contributed by atoms with Gasteiger partial charge >= 0.3 is 5.97 Å². The van der Waals surface area contributed by atoms with Gasteiger partial charge in [-0.1, -0.05) is 29.3 Å². The number of hydrogen-bond acceptors (Lipinski definition) is 5. The van der Waals surface area contributed by atoms with Gasteiger partial charge in [0, 0.05) is 16.7 Å². The van der Waals surface area contributed by atoms with Crippen molar-refractivity contribution in [1.82, 2.24) is 0 Å². The Morgan fingerprint density at radius 1 is 1.21 bits per heavy atom. The van der Waals surface area contributed by atoms with Crippen molar-refractivity contribution in [1.29, 1.82) is 0 Å². The van der Waals surface area contributed by atoms with Crippen LogP contribution in [0, 0.1) is 17.0 Å². The average Bonchev–Trinajstić information content (AvgIpc) is 2.52. The lowest BCUT2D eigenvalue weighted by atomic mass is 10.1. The number of rotatable bonds is 6. The van der Waals surface area contributed by atoms with Gasteiger partial charge < -0.3 is 9.47 Å². The largest absolute Gasteiger partial charge is 0.488 e. The molecule has 0 aliphatic rings. The molecule has 0 amide bonds. The van der Waals surface area contributed by atoms with Crippen LogP contribution in [0.1, 0.15) is 15.9 Å². The Morgan fingerprint density at radius 3 is 2.62 bits per heavy atom. The minimum absolute atomic E-state index is 0.0279. The Labute approximate surface area is 148 Å². The van der Waals surface area contributed by atoms with Crippen molar-refractivity contribution in [2.24, 2.45) is 0 Å². The van der Waals surface area contributed by atoms with Crippen LogP contribution in [0.3, 0.4) is 0 Å². The monoisotopic (exact) mass is 369 g/mol. The van der Waals surface area contributed by atoms with Gasteiger partial charge in [0.15, 0.2) is 0 Å². The molecule has 0 radical (unpaired) electrons. The number of carbonyl (C=O) groups is 1. The molecule has 0 atom stereocenters. The zero-order valence-electron chi connectivity index (χ0n) is 12.6. The lowest BCUT2D eigenvalue weighted by Crippen LogP contribution is -2.14. The van der Waals surface area contributed by atoms with Gasteiger partial charge in [0.2, 0.25) is 0 Å². The average molecular weight is 370 g/mol. The van der Waals surface area contributed by atoms with Gasteiger partial charge in [-0.3, -0.25) is 10.1 Å². The topological polar surface area (TPSA) is 78.7 Å². The van der Waals surface area contributed by atoms with Crippen molar-refractivity contribution in [2.75, 3.05) is 13.2 Å². The Kier molecular flexibility index (Phi) is 6.00. The second-order valence-corrected chi connectivity index (χ2v) is 5.61. The van der Waals surface area contributed by atoms with Crippen molar-refractivity contribution in [2.45, 2.75) is 6.92 Å². The van der Waals surface area contributed by atoms with E-state index in [1.165, 1.54) is 31.2 Å². The van der Waals surface area contributed by atoms with E-state index in [9.17, 15) is 14.9 Å². The van der Waals surface area contributed by atoms with E-state index < -0.39 is 10.9 Å². The fourth-order valence-corrected chi connectivity index (χ4v) is 2.46. The number of nitrogens with zero attached hydrogens (tertiary/aromatic N) is 1. The van der Waals surface area contributed by atoms with Gasteiger partial charge in [0.1, 0.15) is 19.0 Å². The predicted molar refractivity (Wildman–Crippen MR) is 90.1 cm³/mol. The van der Waals surface area contributed by atoms with Crippen LogP contribution in [-0.2, 0) is 4.74 Å².